The molecular weight excluding hydrogens is 1030 g/mol. The van der Waals surface area contributed by atoms with E-state index in [1.807, 2.05) is 71.6 Å². The zero-order valence-corrected chi connectivity index (χ0v) is 48.5. The number of ether oxygens (including phenoxy) is 2. The number of hydrogen-bond donors (Lipinski definition) is 4. The second kappa shape index (κ2) is 22.2. The number of benzene rings is 2. The highest BCUT2D eigenvalue weighted by Crippen LogP contribution is 2.33. The lowest BCUT2D eigenvalue weighted by Gasteiger charge is -2.39. The Bertz CT molecular complexity index is 3550. The SMILES string of the molecule is CC(C)(C)NC(=O)c1c[nH]c2ncc(-c3nn(CCC4CNC4)c4cc(F)ccc34)nc12.CC(C)(C)NC(=O)c1cn(COCC[Si](C)(C)C)c2ncc(-c3nn(CCC4CN(C(=O)OC(C)(C)C)C4)c4cc(F)ccc34)nc12. The highest BCUT2D eigenvalue weighted by Gasteiger charge is 2.34. The average Bonchev–Trinajstić information content (AvgIpc) is 4.25. The molecular formula is C57H74F2N14O5Si. The molecule has 10 rings (SSSR count). The lowest BCUT2D eigenvalue weighted by Crippen LogP contribution is -2.51. The van der Waals surface area contributed by atoms with E-state index in [-0.39, 0.29) is 47.7 Å². The Morgan fingerprint density at radius 1 is 0.734 bits per heavy atom. The highest BCUT2D eigenvalue weighted by molar-refractivity contribution is 6.76. The maximum absolute atomic E-state index is 14.5. The van der Waals surface area contributed by atoms with Gasteiger partial charge in [0.2, 0.25) is 0 Å². The summed E-state index contributed by atoms with van der Waals surface area (Å²) in [7, 11) is -1.26. The van der Waals surface area contributed by atoms with E-state index in [0.29, 0.717) is 100 Å². The van der Waals surface area contributed by atoms with E-state index in [2.05, 4.69) is 45.6 Å². The molecule has 6 aromatic heterocycles. The van der Waals surface area contributed by atoms with E-state index in [0.717, 1.165) is 48.3 Å². The molecule has 22 heteroatoms. The van der Waals surface area contributed by atoms with Crippen LogP contribution < -0.4 is 16.0 Å². The first-order valence-electron chi connectivity index (χ1n) is 27.1. The molecule has 2 aliphatic rings. The van der Waals surface area contributed by atoms with Gasteiger partial charge in [0.1, 0.15) is 57.8 Å². The van der Waals surface area contributed by atoms with Crippen LogP contribution in [0.5, 0.6) is 0 Å². The quantitative estimate of drug-likeness (QED) is 0.0557. The molecule has 8 aromatic rings. The van der Waals surface area contributed by atoms with Crippen molar-refractivity contribution >= 4 is 70.1 Å². The zero-order valence-electron chi connectivity index (χ0n) is 47.5. The number of nitrogens with zero attached hydrogens (tertiary/aromatic N) is 10. The summed E-state index contributed by atoms with van der Waals surface area (Å²) in [5.74, 6) is -0.240. The maximum atomic E-state index is 14.5. The molecule has 2 aliphatic heterocycles. The summed E-state index contributed by atoms with van der Waals surface area (Å²) in [6.45, 7) is 29.4. The first-order valence-corrected chi connectivity index (χ1v) is 30.8. The van der Waals surface area contributed by atoms with Gasteiger partial charge < -0.3 is 39.9 Å². The second-order valence-corrected chi connectivity index (χ2v) is 30.8. The molecule has 0 spiro atoms. The van der Waals surface area contributed by atoms with Gasteiger partial charge >= 0.3 is 6.09 Å². The monoisotopic (exact) mass is 1100 g/mol. The smallest absolute Gasteiger partial charge is 0.410 e. The van der Waals surface area contributed by atoms with Gasteiger partial charge in [0.15, 0.2) is 11.3 Å². The summed E-state index contributed by atoms with van der Waals surface area (Å²) in [5, 5.41) is 20.5. The van der Waals surface area contributed by atoms with Crippen LogP contribution in [0.4, 0.5) is 13.6 Å². The minimum Gasteiger partial charge on any atom is -0.444 e. The van der Waals surface area contributed by atoms with Crippen LogP contribution in [0, 0.1) is 23.5 Å². The van der Waals surface area contributed by atoms with Crippen molar-refractivity contribution in [2.45, 2.75) is 137 Å². The van der Waals surface area contributed by atoms with Crippen molar-refractivity contribution in [1.29, 1.82) is 0 Å². The number of nitrogens with one attached hydrogen (secondary N) is 4. The molecule has 19 nitrogen and oxygen atoms in total. The van der Waals surface area contributed by atoms with Crippen molar-refractivity contribution in [1.82, 2.24) is 69.9 Å². The third-order valence-corrected chi connectivity index (χ3v) is 15.2. The van der Waals surface area contributed by atoms with Crippen LogP contribution in [0.25, 0.3) is 66.9 Å². The van der Waals surface area contributed by atoms with E-state index in [1.54, 1.807) is 46.5 Å². The number of H-pyrrole nitrogens is 1. The third kappa shape index (κ3) is 13.6. The number of aromatic amines is 1. The van der Waals surface area contributed by atoms with Crippen LogP contribution in [0.3, 0.4) is 0 Å². The van der Waals surface area contributed by atoms with Gasteiger partial charge in [0.05, 0.1) is 34.6 Å². The van der Waals surface area contributed by atoms with Crippen molar-refractivity contribution in [2.24, 2.45) is 11.8 Å². The molecule has 0 unspecified atom stereocenters. The van der Waals surface area contributed by atoms with Gasteiger partial charge in [-0.1, -0.05) is 19.6 Å². The summed E-state index contributed by atoms with van der Waals surface area (Å²) in [6, 6.07) is 10.3. The number of rotatable bonds is 15. The Labute approximate surface area is 459 Å². The van der Waals surface area contributed by atoms with Crippen molar-refractivity contribution in [3.8, 4) is 22.8 Å². The Balaban J connectivity index is 0.000000205. The Hall–Kier alpha value is -7.17. The van der Waals surface area contributed by atoms with Gasteiger partial charge in [-0.15, -0.1) is 0 Å². The van der Waals surface area contributed by atoms with Gasteiger partial charge in [-0.25, -0.2) is 33.5 Å². The summed E-state index contributed by atoms with van der Waals surface area (Å²) in [6.07, 6.45) is 8.07. The lowest BCUT2D eigenvalue weighted by molar-refractivity contribution is -0.00274. The molecule has 0 aliphatic carbocycles. The third-order valence-electron chi connectivity index (χ3n) is 13.5. The molecule has 4 N–H and O–H groups in total. The predicted octanol–water partition coefficient (Wildman–Crippen LogP) is 9.94. The molecule has 79 heavy (non-hydrogen) atoms. The summed E-state index contributed by atoms with van der Waals surface area (Å²) < 4.78 is 45.4. The van der Waals surface area contributed by atoms with Crippen LogP contribution >= 0.6 is 0 Å². The number of aromatic nitrogens is 10. The molecule has 0 bridgehead atoms. The maximum Gasteiger partial charge on any atom is 0.410 e. The molecule has 2 aromatic carbocycles. The van der Waals surface area contributed by atoms with Crippen molar-refractivity contribution in [3.63, 3.8) is 0 Å². The minimum absolute atomic E-state index is 0.221. The highest BCUT2D eigenvalue weighted by atomic mass is 28.3. The number of amides is 3. The second-order valence-electron chi connectivity index (χ2n) is 25.2. The number of likely N-dealkylation sites (tertiary alicyclic amines) is 1. The van der Waals surface area contributed by atoms with E-state index in [9.17, 15) is 23.2 Å². The topological polar surface area (TPSA) is 217 Å². The summed E-state index contributed by atoms with van der Waals surface area (Å²) in [5.41, 5.74) is 5.03. The largest absolute Gasteiger partial charge is 0.444 e. The predicted molar refractivity (Wildman–Crippen MR) is 304 cm³/mol. The van der Waals surface area contributed by atoms with Crippen molar-refractivity contribution in [2.75, 3.05) is 32.8 Å². The normalized spacial score (nSPS) is 14.6. The molecule has 3 amide bonds. The van der Waals surface area contributed by atoms with Gasteiger partial charge in [-0.3, -0.25) is 19.0 Å². The van der Waals surface area contributed by atoms with Crippen molar-refractivity contribution < 1.29 is 32.6 Å². The van der Waals surface area contributed by atoms with Gasteiger partial charge in [-0.2, -0.15) is 10.2 Å². The Morgan fingerprint density at radius 2 is 1.28 bits per heavy atom. The molecule has 0 atom stereocenters. The van der Waals surface area contributed by atoms with Crippen LogP contribution in [-0.2, 0) is 29.3 Å². The van der Waals surface area contributed by atoms with E-state index < -0.39 is 19.2 Å². The van der Waals surface area contributed by atoms with Gasteiger partial charge in [0.25, 0.3) is 11.8 Å². The van der Waals surface area contributed by atoms with Gasteiger partial charge in [-0.05, 0) is 143 Å². The molecule has 0 radical (unpaired) electrons. The lowest BCUT2D eigenvalue weighted by atomic mass is 9.97. The van der Waals surface area contributed by atoms with Gasteiger partial charge in [0, 0.05) is 75.1 Å². The number of aryl methyl sites for hydroxylation is 2. The van der Waals surface area contributed by atoms with Crippen LogP contribution in [-0.4, -0.2) is 129 Å². The number of carbonyl (C=O) groups excluding carboxylic acids is 3. The molecule has 420 valence electrons. The zero-order chi connectivity index (χ0) is 56.8. The molecule has 0 saturated carbocycles. The van der Waals surface area contributed by atoms with Crippen LogP contribution in [0.1, 0.15) is 95.9 Å². The number of hydrogen-bond acceptors (Lipinski definition) is 12. The van der Waals surface area contributed by atoms with Crippen molar-refractivity contribution in [3.05, 3.63) is 83.9 Å². The first kappa shape index (κ1) is 56.5. The number of fused-ring (bicyclic) bond motifs is 4. The Kier molecular flexibility index (Phi) is 15.9. The first-order chi connectivity index (χ1) is 37.1. The summed E-state index contributed by atoms with van der Waals surface area (Å²) >= 11 is 0. The number of carbonyl (C=O) groups is 3. The van der Waals surface area contributed by atoms with E-state index in [4.69, 9.17) is 34.6 Å². The van der Waals surface area contributed by atoms with E-state index in [1.165, 1.54) is 24.3 Å². The fraction of sp³-hybridized carbons (Fsp3) is 0.491. The summed E-state index contributed by atoms with van der Waals surface area (Å²) in [4.78, 5) is 62.1. The minimum atomic E-state index is -1.26. The number of halogens is 2. The molecule has 2 saturated heterocycles. The van der Waals surface area contributed by atoms with Crippen LogP contribution in [0.15, 0.2) is 61.2 Å². The van der Waals surface area contributed by atoms with Crippen LogP contribution in [0.2, 0.25) is 25.7 Å². The fourth-order valence-corrected chi connectivity index (χ4v) is 10.1. The average molecular weight is 1100 g/mol. The molecule has 2 fully saturated rings. The standard InChI is InChI=1S/C34H48FN7O4Si.C23H26FN7O/c1-33(2,3)38-31(43)25-20-41(21-45-14-15-47(7,8)9)30-29(25)37-26(17-36-30)28-24-11-10-23(35)16-27(24)42(39-28)13-12-22-18-40(19-22)32(44)46-34(4,5)6;1-23(2,3)29-22(32)16-11-26-21-20(16)28-17(12-27-21)19-15-5-4-14(24)8-18(15)31(30-19)7-6-13-9-25-10-13/h10-11,16-17,20,22H,12-15,18-19,21H2,1-9H3,(H,38,43);4-5,8,11-13,25H,6-7,9-10H2,1-3H3,(H,26,27)(H,29,32). The molecule has 8 heterocycles. The fourth-order valence-electron chi connectivity index (χ4n) is 9.37. The van der Waals surface area contributed by atoms with E-state index >= 15 is 0 Å². The Morgan fingerprint density at radius 3 is 1.81 bits per heavy atom.